The van der Waals surface area contributed by atoms with Gasteiger partial charge >= 0.3 is 0 Å². The van der Waals surface area contributed by atoms with Crippen molar-refractivity contribution >= 4 is 44.4 Å². The minimum Gasteiger partial charge on any atom is -0.399 e. The van der Waals surface area contributed by atoms with E-state index in [0.29, 0.717) is 24.3 Å². The number of piperidine rings is 2. The predicted molar refractivity (Wildman–Crippen MR) is 297 cm³/mol. The number of sulfonamides is 1. The molecule has 2 aliphatic rings. The van der Waals surface area contributed by atoms with Crippen LogP contribution in [0.2, 0.25) is 0 Å². The molecule has 2 fully saturated rings. The van der Waals surface area contributed by atoms with Crippen molar-refractivity contribution in [2.24, 2.45) is 0 Å². The van der Waals surface area contributed by atoms with Crippen molar-refractivity contribution in [1.29, 1.82) is 0 Å². The van der Waals surface area contributed by atoms with Crippen LogP contribution < -0.4 is 10.5 Å². The number of hydrogen-bond donors (Lipinski definition) is 2. The first-order valence-corrected chi connectivity index (χ1v) is 27.5. The second kappa shape index (κ2) is 25.5. The van der Waals surface area contributed by atoms with Gasteiger partial charge in [-0.1, -0.05) is 120 Å². The second-order valence-corrected chi connectivity index (χ2v) is 20.4. The molecule has 0 aliphatic carbocycles. The molecule has 2 aliphatic heterocycles. The van der Waals surface area contributed by atoms with Crippen LogP contribution in [0.3, 0.4) is 0 Å². The number of nitrogens with zero attached hydrogens (tertiary/aromatic N) is 4. The van der Waals surface area contributed by atoms with Gasteiger partial charge in [0.15, 0.2) is 0 Å². The molecule has 10 nitrogen and oxygen atoms in total. The maximum atomic E-state index is 12.9. The monoisotopic (exact) mass is 985 g/mol. The molecule has 2 heterocycles. The van der Waals surface area contributed by atoms with Crippen LogP contribution in [0, 0.1) is 0 Å². The lowest BCUT2D eigenvalue weighted by Crippen LogP contribution is -2.30. The van der Waals surface area contributed by atoms with Gasteiger partial charge in [-0.3, -0.25) is 24.1 Å². The van der Waals surface area contributed by atoms with E-state index < -0.39 is 10.0 Å². The third-order valence-corrected chi connectivity index (χ3v) is 14.3. The topological polar surface area (TPSA) is 119 Å². The fraction of sp³-hybridized carbons (Fsp3) is 0.311. The zero-order valence-electron chi connectivity index (χ0n) is 42.8. The highest BCUT2D eigenvalue weighted by Crippen LogP contribution is 2.36. The largest absolute Gasteiger partial charge is 0.399 e. The minimum atomic E-state index is -3.39. The second-order valence-electron chi connectivity index (χ2n) is 18.7. The quantitative estimate of drug-likeness (QED) is 0.0927. The summed E-state index contributed by atoms with van der Waals surface area (Å²) in [6.45, 7) is 16.7. The van der Waals surface area contributed by atoms with E-state index in [4.69, 9.17) is 5.73 Å². The van der Waals surface area contributed by atoms with Gasteiger partial charge in [-0.15, -0.1) is 0 Å². The van der Waals surface area contributed by atoms with E-state index in [1.807, 2.05) is 110 Å². The Bertz CT molecular complexity index is 2890. The molecule has 0 atom stereocenters. The summed E-state index contributed by atoms with van der Waals surface area (Å²) in [5, 5.41) is 0. The van der Waals surface area contributed by atoms with Gasteiger partial charge in [-0.25, -0.2) is 8.42 Å². The molecule has 6 aromatic rings. The van der Waals surface area contributed by atoms with E-state index in [0.717, 1.165) is 123 Å². The summed E-state index contributed by atoms with van der Waals surface area (Å²) in [7, 11) is -3.39. The summed E-state index contributed by atoms with van der Waals surface area (Å²) < 4.78 is 26.4. The zero-order chi connectivity index (χ0) is 51.0. The average Bonchev–Trinajstić information content (AvgIpc) is 3.39. The number of amides is 2. The molecule has 11 heteroatoms. The molecular weight excluding hydrogens is 913 g/mol. The first-order chi connectivity index (χ1) is 34.9. The van der Waals surface area contributed by atoms with E-state index in [1.165, 1.54) is 27.8 Å². The average molecular weight is 985 g/mol. The van der Waals surface area contributed by atoms with E-state index in [9.17, 15) is 18.0 Å². The normalized spacial score (nSPS) is 14.2. The van der Waals surface area contributed by atoms with Crippen LogP contribution in [-0.2, 0) is 23.1 Å². The van der Waals surface area contributed by atoms with Gasteiger partial charge < -0.3 is 15.5 Å². The number of likely N-dealkylation sites (tertiary alicyclic amines) is 2. The lowest BCUT2D eigenvalue weighted by atomic mass is 9.87. The molecule has 2 saturated heterocycles. The standard InChI is InChI=1S/C31H37N3O3S.C30H35N3O/c1-4-34(5-2)31(35)27-16-14-25(15-17-27)30(28-12-9-13-29(22-28)32-38(3,36)37)26-18-20-33(21-19-26)23-24-10-7-6-8-11-24;1-3-33(4-2)30(34)26-15-13-24(14-16-26)29(27-11-8-12-28(31)21-27)25-17-19-32(20-18-25)22-23-9-6-5-7-10-23/h6-17,22,32H,4-5,18-21,23H2,1-3H3;5-16,21H,3-4,17-20,22,31H2,1-2H3. The van der Waals surface area contributed by atoms with Crippen molar-refractivity contribution in [2.75, 3.05) is 69.1 Å². The molecule has 8 rings (SSSR count). The Balaban J connectivity index is 0.000000213. The Morgan fingerprint density at radius 2 is 0.861 bits per heavy atom. The fourth-order valence-corrected chi connectivity index (χ4v) is 10.4. The van der Waals surface area contributed by atoms with Crippen LogP contribution in [0.25, 0.3) is 11.1 Å². The molecule has 0 aromatic heterocycles. The van der Waals surface area contributed by atoms with Gasteiger partial charge in [0.1, 0.15) is 0 Å². The number of nitrogens with one attached hydrogen (secondary N) is 1. The summed E-state index contributed by atoms with van der Waals surface area (Å²) in [6.07, 6.45) is 5.05. The number of nitrogens with two attached hydrogens (primary N) is 1. The van der Waals surface area contributed by atoms with Crippen molar-refractivity contribution in [3.05, 3.63) is 213 Å². The molecule has 2 amide bonds. The van der Waals surface area contributed by atoms with Crippen LogP contribution in [0.5, 0.6) is 0 Å². The van der Waals surface area contributed by atoms with Crippen molar-refractivity contribution in [2.45, 2.75) is 66.5 Å². The maximum Gasteiger partial charge on any atom is 0.253 e. The number of anilines is 2. The first kappa shape index (κ1) is 53.0. The van der Waals surface area contributed by atoms with E-state index in [2.05, 4.69) is 93.4 Å². The van der Waals surface area contributed by atoms with Gasteiger partial charge in [-0.05, 0) is 146 Å². The van der Waals surface area contributed by atoms with Crippen molar-refractivity contribution in [3.8, 4) is 0 Å². The maximum absolute atomic E-state index is 12.9. The van der Waals surface area contributed by atoms with Crippen LogP contribution in [-0.4, -0.2) is 98.4 Å². The summed E-state index contributed by atoms with van der Waals surface area (Å²) in [6, 6.07) is 52.9. The molecule has 0 radical (unpaired) electrons. The molecule has 0 saturated carbocycles. The Labute approximate surface area is 428 Å². The molecular formula is C61H72N6O4S. The van der Waals surface area contributed by atoms with Gasteiger partial charge in [0.2, 0.25) is 10.0 Å². The lowest BCUT2D eigenvalue weighted by molar-refractivity contribution is 0.0765. The van der Waals surface area contributed by atoms with Crippen LogP contribution in [0.1, 0.15) is 107 Å². The van der Waals surface area contributed by atoms with E-state index in [1.54, 1.807) is 6.07 Å². The number of benzene rings is 6. The third kappa shape index (κ3) is 14.4. The van der Waals surface area contributed by atoms with Crippen LogP contribution >= 0.6 is 0 Å². The Morgan fingerprint density at radius 3 is 1.24 bits per heavy atom. The van der Waals surface area contributed by atoms with Gasteiger partial charge in [0.05, 0.1) is 6.26 Å². The van der Waals surface area contributed by atoms with Crippen molar-refractivity contribution < 1.29 is 18.0 Å². The Morgan fingerprint density at radius 1 is 0.486 bits per heavy atom. The van der Waals surface area contributed by atoms with Gasteiger partial charge in [0.25, 0.3) is 11.8 Å². The Kier molecular flexibility index (Phi) is 18.8. The number of carbonyl (C=O) groups excluding carboxylic acids is 2. The van der Waals surface area contributed by atoms with Crippen molar-refractivity contribution in [1.82, 2.24) is 19.6 Å². The highest BCUT2D eigenvalue weighted by Gasteiger charge is 2.23. The smallest absolute Gasteiger partial charge is 0.253 e. The van der Waals surface area contributed by atoms with E-state index in [-0.39, 0.29) is 11.8 Å². The lowest BCUT2D eigenvalue weighted by Gasteiger charge is -2.30. The summed E-state index contributed by atoms with van der Waals surface area (Å²) in [5.41, 5.74) is 21.0. The molecule has 6 aromatic carbocycles. The fourth-order valence-electron chi connectivity index (χ4n) is 9.89. The number of nitrogen functional groups attached to an aromatic ring is 1. The highest BCUT2D eigenvalue weighted by molar-refractivity contribution is 7.92. The molecule has 0 bridgehead atoms. The van der Waals surface area contributed by atoms with E-state index >= 15 is 0 Å². The molecule has 0 spiro atoms. The summed E-state index contributed by atoms with van der Waals surface area (Å²) >= 11 is 0. The molecule has 376 valence electrons. The third-order valence-electron chi connectivity index (χ3n) is 13.7. The molecule has 72 heavy (non-hydrogen) atoms. The highest BCUT2D eigenvalue weighted by atomic mass is 32.2. The van der Waals surface area contributed by atoms with Crippen molar-refractivity contribution in [3.63, 3.8) is 0 Å². The predicted octanol–water partition coefficient (Wildman–Crippen LogP) is 11.5. The number of rotatable bonds is 16. The van der Waals surface area contributed by atoms with Crippen LogP contribution in [0.4, 0.5) is 11.4 Å². The zero-order valence-corrected chi connectivity index (χ0v) is 43.6. The molecule has 3 N–H and O–H groups in total. The molecule has 0 unspecified atom stereocenters. The minimum absolute atomic E-state index is 0.0318. The van der Waals surface area contributed by atoms with Gasteiger partial charge in [0, 0.05) is 87.9 Å². The first-order valence-electron chi connectivity index (χ1n) is 25.6. The number of hydrogen-bond acceptors (Lipinski definition) is 7. The Hall–Kier alpha value is -6.79. The van der Waals surface area contributed by atoms with Gasteiger partial charge in [-0.2, -0.15) is 0 Å². The summed E-state index contributed by atoms with van der Waals surface area (Å²) in [4.78, 5) is 34.3. The summed E-state index contributed by atoms with van der Waals surface area (Å²) in [5.74, 6) is 0.119. The number of carbonyl (C=O) groups is 2. The van der Waals surface area contributed by atoms with Crippen LogP contribution in [0.15, 0.2) is 169 Å². The SMILES string of the molecule is CCN(CC)C(=O)c1ccc(C(=C2CCN(Cc3ccccc3)CC2)c2cccc(N)c2)cc1.CCN(CC)C(=O)c1ccc(C(=C2CCN(Cc3ccccc3)CC2)c2cccc(NS(C)(=O)=O)c2)cc1.